The Morgan fingerprint density at radius 1 is 1.08 bits per heavy atom. The zero-order valence-corrected chi connectivity index (χ0v) is 21.9. The Balaban J connectivity index is 1.54. The van der Waals surface area contributed by atoms with Crippen molar-refractivity contribution in [3.63, 3.8) is 0 Å². The van der Waals surface area contributed by atoms with Crippen LogP contribution in [0.3, 0.4) is 0 Å². The highest BCUT2D eigenvalue weighted by atomic mass is 35.5. The molecule has 2 aliphatic rings. The fourth-order valence-corrected chi connectivity index (χ4v) is 6.77. The molecule has 3 aromatic rings. The van der Waals surface area contributed by atoms with Gasteiger partial charge in [-0.15, -0.1) is 0 Å². The van der Waals surface area contributed by atoms with E-state index in [1.54, 1.807) is 6.20 Å². The van der Waals surface area contributed by atoms with Gasteiger partial charge in [0.05, 0.1) is 12.0 Å². The average Bonchev–Trinajstić information content (AvgIpc) is 3.14. The zero-order valence-electron chi connectivity index (χ0n) is 20.4. The molecule has 0 bridgehead atoms. The summed E-state index contributed by atoms with van der Waals surface area (Å²) in [7, 11) is 0. The van der Waals surface area contributed by atoms with Crippen LogP contribution in [0.2, 0.25) is 10.0 Å². The predicted octanol–water partition coefficient (Wildman–Crippen LogP) is 6.58. The van der Waals surface area contributed by atoms with Gasteiger partial charge >= 0.3 is 0 Å². The van der Waals surface area contributed by atoms with Crippen LogP contribution in [-0.2, 0) is 4.79 Å². The molecule has 7 heteroatoms. The highest BCUT2D eigenvalue weighted by molar-refractivity contribution is 6.31. The van der Waals surface area contributed by atoms with Crippen molar-refractivity contribution in [2.75, 3.05) is 6.61 Å². The zero-order chi connectivity index (χ0) is 25.4. The van der Waals surface area contributed by atoms with E-state index in [1.165, 1.54) is 0 Å². The van der Waals surface area contributed by atoms with Crippen molar-refractivity contribution in [3.8, 4) is 17.0 Å². The molecule has 2 fully saturated rings. The molecule has 2 N–H and O–H groups in total. The Kier molecular flexibility index (Phi) is 6.99. The van der Waals surface area contributed by atoms with Gasteiger partial charge in [0.15, 0.2) is 0 Å². The fourth-order valence-electron chi connectivity index (χ4n) is 6.32. The van der Waals surface area contributed by atoms with Crippen molar-refractivity contribution in [2.45, 2.75) is 51.2 Å². The highest BCUT2D eigenvalue weighted by Gasteiger charge is 2.60. The van der Waals surface area contributed by atoms with E-state index in [9.17, 15) is 9.90 Å². The Morgan fingerprint density at radius 2 is 1.83 bits per heavy atom. The van der Waals surface area contributed by atoms with Gasteiger partial charge in [-0.1, -0.05) is 54.4 Å². The minimum absolute atomic E-state index is 0.0400. The number of ether oxygens (including phenoxy) is 1. The summed E-state index contributed by atoms with van der Waals surface area (Å²) in [6.45, 7) is 4.54. The van der Waals surface area contributed by atoms with Gasteiger partial charge in [0.25, 0.3) is 0 Å². The van der Waals surface area contributed by atoms with Crippen molar-refractivity contribution >= 4 is 29.1 Å². The number of halogens is 2. The quantitative estimate of drug-likeness (QED) is 0.382. The second-order valence-corrected chi connectivity index (χ2v) is 10.6. The number of nitrogens with zero attached hydrogens (tertiary/aromatic N) is 1. The standard InChI is InChI=1S/C29H30Cl2N2O3/c1-3-29-14-13-22(25(17-5-9-20(30)10-6-17)26(29)27(34)33-28(29)35)21-11-7-18(15-23(21)31)19-8-12-24(32-16-19)36-4-2/h5-12,15-16,22,25-27,34H,3-4,13-14H2,1-2H3,(H,33,35)/t22-,25-,26+,27?,29+/m0/s1. The van der Waals surface area contributed by atoms with E-state index in [4.69, 9.17) is 27.9 Å². The number of aliphatic hydroxyl groups is 1. The Bertz CT molecular complexity index is 1250. The topological polar surface area (TPSA) is 71.5 Å². The number of carbonyl (C=O) groups is 1. The molecule has 2 aromatic carbocycles. The molecular weight excluding hydrogens is 495 g/mol. The minimum Gasteiger partial charge on any atom is -0.478 e. The molecule has 5 atom stereocenters. The first-order valence-corrected chi connectivity index (χ1v) is 13.3. The molecule has 1 unspecified atom stereocenters. The number of aromatic nitrogens is 1. The summed E-state index contributed by atoms with van der Waals surface area (Å²) in [6.07, 6.45) is 3.05. The Labute approximate surface area is 221 Å². The molecule has 36 heavy (non-hydrogen) atoms. The van der Waals surface area contributed by atoms with Gasteiger partial charge in [0.2, 0.25) is 11.8 Å². The molecule has 5 rings (SSSR count). The molecule has 1 amide bonds. The number of carbonyl (C=O) groups excluding carboxylic acids is 1. The summed E-state index contributed by atoms with van der Waals surface area (Å²) >= 11 is 13.1. The number of amides is 1. The molecule has 5 nitrogen and oxygen atoms in total. The van der Waals surface area contributed by atoms with E-state index in [2.05, 4.69) is 22.4 Å². The van der Waals surface area contributed by atoms with Crippen molar-refractivity contribution in [1.29, 1.82) is 0 Å². The molecule has 0 spiro atoms. The third-order valence-corrected chi connectivity index (χ3v) is 8.66. The third-order valence-electron chi connectivity index (χ3n) is 8.08. The molecule has 188 valence electrons. The summed E-state index contributed by atoms with van der Waals surface area (Å²) in [5, 5.41) is 15.2. The monoisotopic (exact) mass is 524 g/mol. The van der Waals surface area contributed by atoms with Gasteiger partial charge < -0.3 is 15.2 Å². The molecule has 1 aromatic heterocycles. The van der Waals surface area contributed by atoms with Crippen LogP contribution in [0.5, 0.6) is 5.88 Å². The van der Waals surface area contributed by atoms with Gasteiger partial charge in [0, 0.05) is 33.8 Å². The molecule has 1 aliphatic carbocycles. The average molecular weight is 525 g/mol. The normalized spacial score (nSPS) is 27.4. The number of rotatable bonds is 6. The molecule has 1 aliphatic heterocycles. The first-order valence-electron chi connectivity index (χ1n) is 12.5. The summed E-state index contributed by atoms with van der Waals surface area (Å²) in [5.74, 6) is 0.221. The molecular formula is C29H30Cl2N2O3. The lowest BCUT2D eigenvalue weighted by molar-refractivity contribution is -0.131. The maximum Gasteiger partial charge on any atom is 0.228 e. The van der Waals surface area contributed by atoms with Gasteiger partial charge in [-0.25, -0.2) is 4.98 Å². The lowest BCUT2D eigenvalue weighted by Crippen LogP contribution is -2.44. The van der Waals surface area contributed by atoms with Crippen LogP contribution in [0, 0.1) is 11.3 Å². The van der Waals surface area contributed by atoms with Crippen molar-refractivity contribution < 1.29 is 14.6 Å². The number of pyridine rings is 1. The van der Waals surface area contributed by atoms with Gasteiger partial charge in [-0.05, 0) is 79.0 Å². The highest BCUT2D eigenvalue weighted by Crippen LogP contribution is 2.60. The lowest BCUT2D eigenvalue weighted by atomic mass is 9.55. The van der Waals surface area contributed by atoms with E-state index < -0.39 is 11.6 Å². The lowest BCUT2D eigenvalue weighted by Gasteiger charge is -2.47. The van der Waals surface area contributed by atoms with E-state index in [0.29, 0.717) is 35.4 Å². The van der Waals surface area contributed by atoms with Gasteiger partial charge in [-0.2, -0.15) is 0 Å². The third kappa shape index (κ3) is 4.27. The summed E-state index contributed by atoms with van der Waals surface area (Å²) in [6, 6.07) is 17.7. The Hall–Kier alpha value is -2.60. The van der Waals surface area contributed by atoms with E-state index in [-0.39, 0.29) is 23.7 Å². The van der Waals surface area contributed by atoms with E-state index in [1.807, 2.05) is 56.3 Å². The SMILES string of the molecule is CCOc1ccc(-c2ccc([C@@H]3CC[C@@]4(CC)C(=O)NC(O)[C@H]4[C@H]3c3ccc(Cl)cc3)c(Cl)c2)cn1. The van der Waals surface area contributed by atoms with Crippen LogP contribution in [0.1, 0.15) is 56.1 Å². The minimum atomic E-state index is -0.908. The fraction of sp³-hybridized carbons (Fsp3) is 0.379. The summed E-state index contributed by atoms with van der Waals surface area (Å²) < 4.78 is 5.45. The van der Waals surface area contributed by atoms with E-state index in [0.717, 1.165) is 28.7 Å². The van der Waals surface area contributed by atoms with Crippen LogP contribution < -0.4 is 10.1 Å². The largest absolute Gasteiger partial charge is 0.478 e. The second kappa shape index (κ2) is 10.0. The van der Waals surface area contributed by atoms with Crippen LogP contribution in [-0.4, -0.2) is 28.8 Å². The van der Waals surface area contributed by atoms with Crippen molar-refractivity contribution in [1.82, 2.24) is 10.3 Å². The van der Waals surface area contributed by atoms with Crippen molar-refractivity contribution in [2.24, 2.45) is 11.3 Å². The van der Waals surface area contributed by atoms with Crippen LogP contribution in [0.25, 0.3) is 11.1 Å². The summed E-state index contributed by atoms with van der Waals surface area (Å²) in [4.78, 5) is 17.4. The van der Waals surface area contributed by atoms with E-state index >= 15 is 0 Å². The number of hydrogen-bond donors (Lipinski definition) is 2. The van der Waals surface area contributed by atoms with Crippen LogP contribution in [0.15, 0.2) is 60.8 Å². The maximum absolute atomic E-state index is 13.0. The number of benzene rings is 2. The Morgan fingerprint density at radius 3 is 2.47 bits per heavy atom. The smallest absolute Gasteiger partial charge is 0.228 e. The maximum atomic E-state index is 13.0. The number of hydrogen-bond acceptors (Lipinski definition) is 4. The first kappa shape index (κ1) is 25.1. The van der Waals surface area contributed by atoms with Crippen molar-refractivity contribution in [3.05, 3.63) is 82.0 Å². The molecule has 1 saturated carbocycles. The van der Waals surface area contributed by atoms with Gasteiger partial charge in [-0.3, -0.25) is 4.79 Å². The van der Waals surface area contributed by atoms with Crippen LogP contribution in [0.4, 0.5) is 0 Å². The summed E-state index contributed by atoms with van der Waals surface area (Å²) in [5.41, 5.74) is 3.41. The molecule has 1 saturated heterocycles. The number of aliphatic hydroxyl groups excluding tert-OH is 1. The number of fused-ring (bicyclic) bond motifs is 1. The molecule has 0 radical (unpaired) electrons. The molecule has 2 heterocycles. The van der Waals surface area contributed by atoms with Gasteiger partial charge in [0.1, 0.15) is 6.23 Å². The van der Waals surface area contributed by atoms with Crippen LogP contribution >= 0.6 is 23.2 Å². The second-order valence-electron chi connectivity index (χ2n) is 9.73. The first-order chi connectivity index (χ1) is 17.4. The predicted molar refractivity (Wildman–Crippen MR) is 142 cm³/mol. The number of nitrogens with one attached hydrogen (secondary N) is 1.